The van der Waals surface area contributed by atoms with E-state index >= 15 is 0 Å². The van der Waals surface area contributed by atoms with E-state index in [-0.39, 0.29) is 5.89 Å². The van der Waals surface area contributed by atoms with Crippen molar-refractivity contribution in [3.63, 3.8) is 0 Å². The van der Waals surface area contributed by atoms with Crippen molar-refractivity contribution in [3.8, 4) is 0 Å². The van der Waals surface area contributed by atoms with Crippen LogP contribution in [-0.4, -0.2) is 10.2 Å². The fourth-order valence-electron chi connectivity index (χ4n) is 1.95. The van der Waals surface area contributed by atoms with E-state index in [0.29, 0.717) is 5.92 Å². The van der Waals surface area contributed by atoms with Gasteiger partial charge in [0.25, 0.3) is 5.89 Å². The standard InChI is InChI=1S/C10H12ClNO2/c11-9(13)10-12-6-8(14-10)7-4-2-1-3-5-7/h6-7H,1-5H2. The van der Waals surface area contributed by atoms with Gasteiger partial charge in [-0.3, -0.25) is 4.79 Å². The van der Waals surface area contributed by atoms with Crippen LogP contribution in [0.3, 0.4) is 0 Å². The Bertz CT molecular complexity index is 329. The molecule has 1 saturated carbocycles. The van der Waals surface area contributed by atoms with Crippen LogP contribution in [0.15, 0.2) is 10.6 Å². The molecule has 3 nitrogen and oxygen atoms in total. The largest absolute Gasteiger partial charge is 0.438 e. The van der Waals surface area contributed by atoms with Crippen LogP contribution < -0.4 is 0 Å². The predicted octanol–water partition coefficient (Wildman–Crippen LogP) is 3.10. The monoisotopic (exact) mass is 213 g/mol. The number of halogens is 1. The Morgan fingerprint density at radius 3 is 2.71 bits per heavy atom. The number of nitrogens with zero attached hydrogens (tertiary/aromatic N) is 1. The van der Waals surface area contributed by atoms with Gasteiger partial charge in [-0.2, -0.15) is 0 Å². The minimum absolute atomic E-state index is 0.0206. The molecule has 2 rings (SSSR count). The molecule has 0 saturated heterocycles. The first-order valence-corrected chi connectivity index (χ1v) is 5.30. The maximum absolute atomic E-state index is 10.8. The Morgan fingerprint density at radius 1 is 1.43 bits per heavy atom. The van der Waals surface area contributed by atoms with E-state index < -0.39 is 5.24 Å². The maximum Gasteiger partial charge on any atom is 0.307 e. The van der Waals surface area contributed by atoms with Gasteiger partial charge in [0.05, 0.1) is 6.20 Å². The average Bonchev–Trinajstić information content (AvgIpc) is 2.68. The van der Waals surface area contributed by atoms with Crippen LogP contribution >= 0.6 is 11.6 Å². The quantitative estimate of drug-likeness (QED) is 0.709. The molecule has 76 valence electrons. The number of carbonyl (C=O) groups excluding carboxylic acids is 1. The van der Waals surface area contributed by atoms with Crippen molar-refractivity contribution in [1.29, 1.82) is 0 Å². The molecule has 0 aromatic carbocycles. The summed E-state index contributed by atoms with van der Waals surface area (Å²) in [5.41, 5.74) is 0. The van der Waals surface area contributed by atoms with Crippen LogP contribution in [0.4, 0.5) is 0 Å². The van der Waals surface area contributed by atoms with Crippen molar-refractivity contribution < 1.29 is 9.21 Å². The lowest BCUT2D eigenvalue weighted by Gasteiger charge is -2.18. The second kappa shape index (κ2) is 4.13. The molecule has 1 aliphatic rings. The summed E-state index contributed by atoms with van der Waals surface area (Å²) >= 11 is 5.26. The van der Waals surface area contributed by atoms with Crippen molar-refractivity contribution in [2.45, 2.75) is 38.0 Å². The Morgan fingerprint density at radius 2 is 2.14 bits per heavy atom. The summed E-state index contributed by atoms with van der Waals surface area (Å²) in [6, 6.07) is 0. The topological polar surface area (TPSA) is 43.1 Å². The molecule has 1 heterocycles. The highest BCUT2D eigenvalue weighted by atomic mass is 35.5. The summed E-state index contributed by atoms with van der Waals surface area (Å²) in [6.45, 7) is 0. The number of carbonyl (C=O) groups is 1. The van der Waals surface area contributed by atoms with E-state index in [1.807, 2.05) is 0 Å². The number of aromatic nitrogens is 1. The molecule has 1 aromatic rings. The van der Waals surface area contributed by atoms with Crippen molar-refractivity contribution in [3.05, 3.63) is 17.8 Å². The molecular weight excluding hydrogens is 202 g/mol. The Kier molecular flexibility index (Phi) is 2.87. The number of rotatable bonds is 2. The molecule has 1 aliphatic carbocycles. The molecule has 0 N–H and O–H groups in total. The Hall–Kier alpha value is -0.830. The van der Waals surface area contributed by atoms with Crippen molar-refractivity contribution in [1.82, 2.24) is 4.98 Å². The number of hydrogen-bond donors (Lipinski definition) is 0. The third kappa shape index (κ3) is 1.98. The summed E-state index contributed by atoms with van der Waals surface area (Å²) in [5.74, 6) is 1.27. The third-order valence-corrected chi connectivity index (χ3v) is 2.86. The molecule has 14 heavy (non-hydrogen) atoms. The molecular formula is C10H12ClNO2. The normalized spacial score (nSPS) is 18.4. The van der Waals surface area contributed by atoms with Crippen LogP contribution in [0.2, 0.25) is 0 Å². The first-order chi connectivity index (χ1) is 6.77. The lowest BCUT2D eigenvalue weighted by molar-refractivity contribution is 0.104. The van der Waals surface area contributed by atoms with E-state index in [1.54, 1.807) is 6.20 Å². The van der Waals surface area contributed by atoms with E-state index in [4.69, 9.17) is 16.0 Å². The van der Waals surface area contributed by atoms with Crippen LogP contribution in [0.25, 0.3) is 0 Å². The molecule has 0 aliphatic heterocycles. The van der Waals surface area contributed by atoms with Gasteiger partial charge in [0.15, 0.2) is 0 Å². The fourth-order valence-corrected chi connectivity index (χ4v) is 2.04. The molecule has 1 aromatic heterocycles. The van der Waals surface area contributed by atoms with Gasteiger partial charge in [0.1, 0.15) is 5.76 Å². The Labute approximate surface area is 87.5 Å². The summed E-state index contributed by atoms with van der Waals surface area (Å²) in [6.07, 6.45) is 7.65. The van der Waals surface area contributed by atoms with Gasteiger partial charge in [0, 0.05) is 5.92 Å². The number of oxazole rings is 1. The minimum Gasteiger partial charge on any atom is -0.438 e. The second-order valence-electron chi connectivity index (χ2n) is 3.68. The minimum atomic E-state index is -0.618. The fraction of sp³-hybridized carbons (Fsp3) is 0.600. The van der Waals surface area contributed by atoms with Crippen molar-refractivity contribution >= 4 is 16.8 Å². The molecule has 0 unspecified atom stereocenters. The molecule has 4 heteroatoms. The summed E-state index contributed by atoms with van der Waals surface area (Å²) in [5, 5.41) is -0.618. The predicted molar refractivity (Wildman–Crippen MR) is 52.5 cm³/mol. The van der Waals surface area contributed by atoms with Gasteiger partial charge < -0.3 is 4.42 Å². The molecule has 0 radical (unpaired) electrons. The zero-order valence-electron chi connectivity index (χ0n) is 7.83. The lowest BCUT2D eigenvalue weighted by Crippen LogP contribution is -2.03. The molecule has 0 spiro atoms. The van der Waals surface area contributed by atoms with Gasteiger partial charge in [0.2, 0.25) is 0 Å². The van der Waals surface area contributed by atoms with Crippen LogP contribution in [0, 0.1) is 0 Å². The molecule has 0 atom stereocenters. The van der Waals surface area contributed by atoms with E-state index in [1.165, 1.54) is 19.3 Å². The number of hydrogen-bond acceptors (Lipinski definition) is 3. The highest BCUT2D eigenvalue weighted by molar-refractivity contribution is 6.67. The van der Waals surface area contributed by atoms with Gasteiger partial charge in [-0.1, -0.05) is 19.3 Å². The smallest absolute Gasteiger partial charge is 0.307 e. The molecule has 0 amide bonds. The van der Waals surface area contributed by atoms with E-state index in [9.17, 15) is 4.79 Å². The SMILES string of the molecule is O=C(Cl)c1ncc(C2CCCCC2)o1. The average molecular weight is 214 g/mol. The summed E-state index contributed by atoms with van der Waals surface area (Å²) < 4.78 is 5.29. The summed E-state index contributed by atoms with van der Waals surface area (Å²) in [7, 11) is 0. The third-order valence-electron chi connectivity index (χ3n) is 2.70. The second-order valence-corrected chi connectivity index (χ2v) is 4.02. The van der Waals surface area contributed by atoms with Crippen LogP contribution in [0.1, 0.15) is 54.5 Å². The maximum atomic E-state index is 10.8. The Balaban J connectivity index is 2.11. The first kappa shape index (κ1) is 9.71. The van der Waals surface area contributed by atoms with Gasteiger partial charge >= 0.3 is 5.24 Å². The van der Waals surface area contributed by atoms with Gasteiger partial charge in [-0.05, 0) is 24.4 Å². The van der Waals surface area contributed by atoms with E-state index in [0.717, 1.165) is 18.6 Å². The van der Waals surface area contributed by atoms with Gasteiger partial charge in [-0.15, -0.1) is 0 Å². The van der Waals surface area contributed by atoms with Crippen LogP contribution in [0.5, 0.6) is 0 Å². The lowest BCUT2D eigenvalue weighted by atomic mass is 9.88. The zero-order chi connectivity index (χ0) is 9.97. The zero-order valence-corrected chi connectivity index (χ0v) is 8.59. The molecule has 0 bridgehead atoms. The first-order valence-electron chi connectivity index (χ1n) is 4.93. The summed E-state index contributed by atoms with van der Waals surface area (Å²) in [4.78, 5) is 14.6. The highest BCUT2D eigenvalue weighted by Gasteiger charge is 2.20. The van der Waals surface area contributed by atoms with Gasteiger partial charge in [-0.25, -0.2) is 4.98 Å². The highest BCUT2D eigenvalue weighted by Crippen LogP contribution is 2.32. The van der Waals surface area contributed by atoms with Crippen molar-refractivity contribution in [2.24, 2.45) is 0 Å². The molecule has 1 fully saturated rings. The van der Waals surface area contributed by atoms with Crippen LogP contribution in [-0.2, 0) is 0 Å². The van der Waals surface area contributed by atoms with Crippen molar-refractivity contribution in [2.75, 3.05) is 0 Å². The van der Waals surface area contributed by atoms with E-state index in [2.05, 4.69) is 4.98 Å².